The Morgan fingerprint density at radius 3 is 2.59 bits per heavy atom. The summed E-state index contributed by atoms with van der Waals surface area (Å²) in [6, 6.07) is 10.9. The number of amides is 1. The van der Waals surface area contributed by atoms with Crippen molar-refractivity contribution in [1.82, 2.24) is 14.5 Å². The largest absolute Gasteiger partial charge is 0.496 e. The summed E-state index contributed by atoms with van der Waals surface area (Å²) in [5.74, 6) is 0.530. The summed E-state index contributed by atoms with van der Waals surface area (Å²) < 4.78 is 33.5. The molecule has 0 saturated carbocycles. The fourth-order valence-corrected chi connectivity index (χ4v) is 5.94. The molecule has 0 radical (unpaired) electrons. The molecule has 3 rings (SSSR count). The number of carbonyl (C=O) groups excluding carboxylic acids is 1. The van der Waals surface area contributed by atoms with Gasteiger partial charge in [0, 0.05) is 25.2 Å². The molecule has 2 aromatic rings. The summed E-state index contributed by atoms with van der Waals surface area (Å²) >= 11 is 1.12. The summed E-state index contributed by atoms with van der Waals surface area (Å²) in [4.78, 5) is 17.2. The van der Waals surface area contributed by atoms with E-state index < -0.39 is 15.6 Å². The number of rotatable bonds is 6. The minimum absolute atomic E-state index is 0.0337. The normalized spacial score (nSPS) is 18.6. The third-order valence-corrected chi connectivity index (χ3v) is 8.17. The maximum Gasteiger partial charge on any atom is 0.251 e. The van der Waals surface area contributed by atoms with Crippen molar-refractivity contribution in [2.75, 3.05) is 33.8 Å². The van der Waals surface area contributed by atoms with E-state index >= 15 is 0 Å². The molecule has 1 aromatic carbocycles. The number of sulfonamides is 1. The molecule has 0 bridgehead atoms. The van der Waals surface area contributed by atoms with E-state index in [1.807, 2.05) is 31.3 Å². The number of methoxy groups -OCH3 is 1. The number of ether oxygens (including phenoxy) is 1. The Morgan fingerprint density at radius 2 is 1.93 bits per heavy atom. The Labute approximate surface area is 176 Å². The molecule has 1 aliphatic rings. The van der Waals surface area contributed by atoms with Crippen molar-refractivity contribution in [2.24, 2.45) is 0 Å². The third kappa shape index (κ3) is 4.63. The third-order valence-electron chi connectivity index (χ3n) is 5.12. The molecule has 9 heteroatoms. The first-order chi connectivity index (χ1) is 13.7. The molecule has 1 amide bonds. The van der Waals surface area contributed by atoms with Crippen LogP contribution in [0.2, 0.25) is 0 Å². The highest BCUT2D eigenvalue weighted by Crippen LogP contribution is 2.32. The van der Waals surface area contributed by atoms with E-state index in [1.54, 1.807) is 37.3 Å². The number of likely N-dealkylation sites (N-methyl/N-ethyl adjacent to an activating group) is 1. The Kier molecular flexibility index (Phi) is 6.33. The number of thiophene rings is 1. The van der Waals surface area contributed by atoms with Crippen LogP contribution in [0.3, 0.4) is 0 Å². The number of piperazine rings is 1. The van der Waals surface area contributed by atoms with E-state index in [0.717, 1.165) is 22.6 Å². The second-order valence-corrected chi connectivity index (χ2v) is 10.5. The van der Waals surface area contributed by atoms with E-state index in [9.17, 15) is 13.2 Å². The van der Waals surface area contributed by atoms with Gasteiger partial charge in [0.05, 0.1) is 13.2 Å². The van der Waals surface area contributed by atoms with Gasteiger partial charge in [0.15, 0.2) is 0 Å². The predicted molar refractivity (Wildman–Crippen MR) is 114 cm³/mol. The van der Waals surface area contributed by atoms with E-state index in [1.165, 1.54) is 6.07 Å². The molecular formula is C20H27N3O4S2. The van der Waals surface area contributed by atoms with Crippen molar-refractivity contribution in [3.63, 3.8) is 0 Å². The fraction of sp³-hybridized carbons (Fsp3) is 0.450. The number of nitrogens with one attached hydrogen (secondary N) is 1. The Hall–Kier alpha value is -1.94. The summed E-state index contributed by atoms with van der Waals surface area (Å²) in [7, 11) is -0.105. The van der Waals surface area contributed by atoms with Gasteiger partial charge in [-0.3, -0.25) is 9.69 Å². The summed E-state index contributed by atoms with van der Waals surface area (Å²) in [6.07, 6.45) is 0. The highest BCUT2D eigenvalue weighted by molar-refractivity contribution is 7.91. The van der Waals surface area contributed by atoms with Gasteiger partial charge in [0.1, 0.15) is 15.5 Å². The molecule has 1 aliphatic heterocycles. The molecule has 0 spiro atoms. The van der Waals surface area contributed by atoms with Gasteiger partial charge >= 0.3 is 0 Å². The molecule has 2 heterocycles. The van der Waals surface area contributed by atoms with Crippen LogP contribution in [0.1, 0.15) is 25.5 Å². The van der Waals surface area contributed by atoms with Crippen LogP contribution < -0.4 is 9.46 Å². The lowest BCUT2D eigenvalue weighted by Gasteiger charge is -2.42. The highest BCUT2D eigenvalue weighted by atomic mass is 32.2. The van der Waals surface area contributed by atoms with Crippen LogP contribution >= 0.6 is 11.3 Å². The smallest absolute Gasteiger partial charge is 0.251 e. The summed E-state index contributed by atoms with van der Waals surface area (Å²) in [6.45, 7) is 4.89. The molecule has 1 saturated heterocycles. The zero-order chi connectivity index (χ0) is 21.2. The molecular weight excluding hydrogens is 410 g/mol. The zero-order valence-electron chi connectivity index (χ0n) is 17.1. The van der Waals surface area contributed by atoms with Gasteiger partial charge in [-0.25, -0.2) is 8.42 Å². The quantitative estimate of drug-likeness (QED) is 0.750. The van der Waals surface area contributed by atoms with Crippen molar-refractivity contribution >= 4 is 27.3 Å². The molecule has 1 unspecified atom stereocenters. The first-order valence-corrected chi connectivity index (χ1v) is 11.7. The molecule has 1 aromatic heterocycles. The minimum Gasteiger partial charge on any atom is -0.496 e. The molecule has 29 heavy (non-hydrogen) atoms. The van der Waals surface area contributed by atoms with Crippen molar-refractivity contribution < 1.29 is 17.9 Å². The number of nitrogens with zero attached hydrogens (tertiary/aromatic N) is 2. The molecule has 1 fully saturated rings. The monoisotopic (exact) mass is 437 g/mol. The van der Waals surface area contributed by atoms with Crippen molar-refractivity contribution in [3.8, 4) is 5.75 Å². The van der Waals surface area contributed by atoms with Crippen LogP contribution in [0.4, 0.5) is 0 Å². The van der Waals surface area contributed by atoms with Crippen LogP contribution in [0.5, 0.6) is 5.75 Å². The second kappa shape index (κ2) is 8.43. The van der Waals surface area contributed by atoms with Gasteiger partial charge in [0.2, 0.25) is 5.91 Å². The topological polar surface area (TPSA) is 79.0 Å². The predicted octanol–water partition coefficient (Wildman–Crippen LogP) is 2.33. The van der Waals surface area contributed by atoms with Crippen LogP contribution in [0, 0.1) is 0 Å². The van der Waals surface area contributed by atoms with Gasteiger partial charge in [0.25, 0.3) is 10.0 Å². The maximum absolute atomic E-state index is 13.3. The van der Waals surface area contributed by atoms with Crippen molar-refractivity contribution in [3.05, 3.63) is 47.3 Å². The van der Waals surface area contributed by atoms with Gasteiger partial charge in [-0.15, -0.1) is 11.3 Å². The lowest BCUT2D eigenvalue weighted by atomic mass is 9.99. The minimum atomic E-state index is -3.75. The van der Waals surface area contributed by atoms with Gasteiger partial charge in [-0.1, -0.05) is 24.3 Å². The molecule has 7 nitrogen and oxygen atoms in total. The lowest BCUT2D eigenvalue weighted by molar-refractivity contribution is -0.139. The van der Waals surface area contributed by atoms with Crippen molar-refractivity contribution in [1.29, 1.82) is 0 Å². The van der Waals surface area contributed by atoms with Crippen LogP contribution in [-0.4, -0.2) is 63.5 Å². The van der Waals surface area contributed by atoms with Crippen molar-refractivity contribution in [2.45, 2.75) is 29.6 Å². The summed E-state index contributed by atoms with van der Waals surface area (Å²) in [5, 5.41) is 1.70. The van der Waals surface area contributed by atoms with E-state index in [0.29, 0.717) is 19.6 Å². The van der Waals surface area contributed by atoms with Crippen LogP contribution in [-0.2, 0) is 14.8 Å². The fourth-order valence-electron chi connectivity index (χ4n) is 3.58. The molecule has 1 atom stereocenters. The number of carbonyl (C=O) groups is 1. The Balaban J connectivity index is 1.80. The number of hydrogen-bond acceptors (Lipinski definition) is 6. The molecule has 1 N–H and O–H groups in total. The Bertz CT molecular complexity index is 958. The SMILES string of the molecule is COc1ccccc1C1CN(C(=O)C(C)(C)NS(=O)(=O)c2cccs2)CCN1C. The average Bonchev–Trinajstić information content (AvgIpc) is 3.23. The van der Waals surface area contributed by atoms with E-state index in [2.05, 4.69) is 9.62 Å². The summed E-state index contributed by atoms with van der Waals surface area (Å²) in [5.41, 5.74) is -0.253. The van der Waals surface area contributed by atoms with Gasteiger partial charge in [-0.2, -0.15) is 4.72 Å². The van der Waals surface area contributed by atoms with Gasteiger partial charge in [-0.05, 0) is 38.4 Å². The average molecular weight is 438 g/mol. The van der Waals surface area contributed by atoms with Gasteiger partial charge < -0.3 is 9.64 Å². The standard InChI is InChI=1S/C20H27N3O4S2/c1-20(2,21-29(25,26)18-10-7-13-28-18)19(24)23-12-11-22(3)16(14-23)15-8-5-6-9-17(15)27-4/h5-10,13,16,21H,11-12,14H2,1-4H3. The molecule has 158 valence electrons. The second-order valence-electron chi connectivity index (χ2n) is 7.65. The first-order valence-electron chi connectivity index (χ1n) is 9.36. The van der Waals surface area contributed by atoms with Crippen LogP contribution in [0.25, 0.3) is 0 Å². The highest BCUT2D eigenvalue weighted by Gasteiger charge is 2.39. The Morgan fingerprint density at radius 1 is 1.21 bits per heavy atom. The zero-order valence-corrected chi connectivity index (χ0v) is 18.7. The number of benzene rings is 1. The van der Waals surface area contributed by atoms with E-state index in [4.69, 9.17) is 4.74 Å². The molecule has 0 aliphatic carbocycles. The first kappa shape index (κ1) is 21.8. The number of para-hydroxylation sites is 1. The number of hydrogen-bond donors (Lipinski definition) is 1. The van der Waals surface area contributed by atoms with Crippen LogP contribution in [0.15, 0.2) is 46.0 Å². The van der Waals surface area contributed by atoms with E-state index in [-0.39, 0.29) is 16.2 Å². The maximum atomic E-state index is 13.3. The lowest BCUT2D eigenvalue weighted by Crippen LogP contribution is -2.59.